The predicted octanol–water partition coefficient (Wildman–Crippen LogP) is 0.0441. The average molecular weight is 285 g/mol. The number of fused-ring (bicyclic) bond motifs is 1. The minimum Gasteiger partial charge on any atom is -0.390 e. The van der Waals surface area contributed by atoms with Crippen molar-refractivity contribution in [3.63, 3.8) is 0 Å². The molecule has 2 heterocycles. The molecule has 0 bridgehead atoms. The highest BCUT2D eigenvalue weighted by Gasteiger charge is 2.29. The number of aliphatic hydroxyl groups is 1. The van der Waals surface area contributed by atoms with E-state index in [0.29, 0.717) is 17.9 Å². The quantitative estimate of drug-likeness (QED) is 0.809. The molecule has 0 saturated carbocycles. The number of hydrogen-bond acceptors (Lipinski definition) is 5. The highest BCUT2D eigenvalue weighted by molar-refractivity contribution is 5.95. The molecule has 0 saturated heterocycles. The van der Waals surface area contributed by atoms with Gasteiger partial charge in [-0.3, -0.25) is 4.79 Å². The largest absolute Gasteiger partial charge is 0.390 e. The monoisotopic (exact) mass is 285 g/mol. The standard InChI is InChI=1S/C11H13F2N5O2/c1-2-8-7(3-14-10-16-6-17-18(8)10)9(20)15-4-11(12,13)5-19/h3,6,19H,2,4-5H2,1H3,(H,15,20). The van der Waals surface area contributed by atoms with Crippen molar-refractivity contribution < 1.29 is 18.7 Å². The van der Waals surface area contributed by atoms with E-state index in [-0.39, 0.29) is 5.56 Å². The van der Waals surface area contributed by atoms with Crippen LogP contribution in [0.4, 0.5) is 8.78 Å². The van der Waals surface area contributed by atoms with Gasteiger partial charge in [0, 0.05) is 6.20 Å². The fourth-order valence-electron chi connectivity index (χ4n) is 1.72. The summed E-state index contributed by atoms with van der Waals surface area (Å²) >= 11 is 0. The highest BCUT2D eigenvalue weighted by atomic mass is 19.3. The Balaban J connectivity index is 2.26. The molecule has 0 aliphatic heterocycles. The number of halogens is 2. The molecule has 2 N–H and O–H groups in total. The number of nitrogens with zero attached hydrogens (tertiary/aromatic N) is 4. The van der Waals surface area contributed by atoms with Crippen molar-refractivity contribution in [1.29, 1.82) is 0 Å². The molecule has 0 fully saturated rings. The van der Waals surface area contributed by atoms with E-state index in [2.05, 4.69) is 20.4 Å². The molecule has 2 aromatic rings. The summed E-state index contributed by atoms with van der Waals surface area (Å²) < 4.78 is 27.2. The third kappa shape index (κ3) is 2.72. The summed E-state index contributed by atoms with van der Waals surface area (Å²) in [5, 5.41) is 14.5. The number of hydrogen-bond donors (Lipinski definition) is 2. The van der Waals surface area contributed by atoms with Gasteiger partial charge in [-0.25, -0.2) is 18.3 Å². The molecule has 7 nitrogen and oxygen atoms in total. The van der Waals surface area contributed by atoms with Gasteiger partial charge in [0.25, 0.3) is 17.6 Å². The first kappa shape index (κ1) is 14.3. The van der Waals surface area contributed by atoms with E-state index < -0.39 is 25.0 Å². The summed E-state index contributed by atoms with van der Waals surface area (Å²) in [5.74, 6) is -3.72. The van der Waals surface area contributed by atoms with Gasteiger partial charge in [0.05, 0.1) is 17.8 Å². The molecular formula is C11H13F2N5O2. The van der Waals surface area contributed by atoms with Gasteiger partial charge in [-0.15, -0.1) is 0 Å². The maximum Gasteiger partial charge on any atom is 0.287 e. The summed E-state index contributed by atoms with van der Waals surface area (Å²) in [6.45, 7) is -0.468. The molecule has 0 aromatic carbocycles. The zero-order valence-electron chi connectivity index (χ0n) is 10.7. The van der Waals surface area contributed by atoms with Crippen LogP contribution in [0.15, 0.2) is 12.5 Å². The first-order valence-electron chi connectivity index (χ1n) is 5.93. The Hall–Kier alpha value is -2.16. The molecule has 20 heavy (non-hydrogen) atoms. The smallest absolute Gasteiger partial charge is 0.287 e. The van der Waals surface area contributed by atoms with E-state index in [1.54, 1.807) is 6.92 Å². The highest BCUT2D eigenvalue weighted by Crippen LogP contribution is 2.12. The first-order chi connectivity index (χ1) is 9.48. The van der Waals surface area contributed by atoms with Gasteiger partial charge in [-0.05, 0) is 6.42 Å². The lowest BCUT2D eigenvalue weighted by atomic mass is 10.1. The minimum atomic E-state index is -3.35. The molecule has 0 unspecified atom stereocenters. The number of amides is 1. The summed E-state index contributed by atoms with van der Waals surface area (Å²) in [4.78, 5) is 19.7. The molecule has 0 atom stereocenters. The number of aliphatic hydroxyl groups excluding tert-OH is 1. The number of aryl methyl sites for hydroxylation is 1. The Kier molecular flexibility index (Phi) is 3.89. The van der Waals surface area contributed by atoms with Gasteiger partial charge in [0.1, 0.15) is 12.9 Å². The van der Waals surface area contributed by atoms with E-state index in [4.69, 9.17) is 5.11 Å². The van der Waals surface area contributed by atoms with Gasteiger partial charge in [0.2, 0.25) is 0 Å². The first-order valence-corrected chi connectivity index (χ1v) is 5.93. The Bertz CT molecular complexity index is 628. The minimum absolute atomic E-state index is 0.152. The number of rotatable bonds is 5. The van der Waals surface area contributed by atoms with Crippen LogP contribution in [0.3, 0.4) is 0 Å². The van der Waals surface area contributed by atoms with Crippen molar-refractivity contribution in [1.82, 2.24) is 24.9 Å². The van der Waals surface area contributed by atoms with E-state index in [1.807, 2.05) is 0 Å². The lowest BCUT2D eigenvalue weighted by molar-refractivity contribution is -0.0462. The maximum atomic E-state index is 12.9. The summed E-state index contributed by atoms with van der Waals surface area (Å²) in [5.41, 5.74) is 0.677. The second-order valence-corrected chi connectivity index (χ2v) is 4.14. The van der Waals surface area contributed by atoms with Gasteiger partial charge in [-0.2, -0.15) is 10.1 Å². The zero-order chi connectivity index (χ0) is 14.8. The van der Waals surface area contributed by atoms with E-state index in [1.165, 1.54) is 17.0 Å². The van der Waals surface area contributed by atoms with Crippen molar-refractivity contribution in [3.05, 3.63) is 23.8 Å². The third-order valence-electron chi connectivity index (χ3n) is 2.72. The van der Waals surface area contributed by atoms with Crippen molar-refractivity contribution in [2.45, 2.75) is 19.3 Å². The molecule has 0 aliphatic rings. The van der Waals surface area contributed by atoms with Crippen LogP contribution in [-0.2, 0) is 6.42 Å². The Morgan fingerprint density at radius 2 is 2.25 bits per heavy atom. The van der Waals surface area contributed by atoms with Gasteiger partial charge < -0.3 is 10.4 Å². The fourth-order valence-corrected chi connectivity index (χ4v) is 1.72. The SMILES string of the molecule is CCc1c(C(=O)NCC(F)(F)CO)cnc2ncnn12. The topological polar surface area (TPSA) is 92.4 Å². The number of alkyl halides is 2. The predicted molar refractivity (Wildman–Crippen MR) is 64.5 cm³/mol. The molecule has 0 radical (unpaired) electrons. The lowest BCUT2D eigenvalue weighted by Gasteiger charge is -2.15. The normalized spacial score (nSPS) is 11.8. The number of carbonyl (C=O) groups is 1. The van der Waals surface area contributed by atoms with Crippen molar-refractivity contribution in [2.24, 2.45) is 0 Å². The van der Waals surface area contributed by atoms with Crippen molar-refractivity contribution >= 4 is 11.7 Å². The summed E-state index contributed by atoms with van der Waals surface area (Å²) in [6.07, 6.45) is 3.03. The summed E-state index contributed by atoms with van der Waals surface area (Å²) in [7, 11) is 0. The third-order valence-corrected chi connectivity index (χ3v) is 2.72. The van der Waals surface area contributed by atoms with Gasteiger partial charge in [0.15, 0.2) is 0 Å². The molecule has 1 amide bonds. The van der Waals surface area contributed by atoms with Crippen LogP contribution >= 0.6 is 0 Å². The van der Waals surface area contributed by atoms with Crippen LogP contribution in [0.1, 0.15) is 23.0 Å². The summed E-state index contributed by atoms with van der Waals surface area (Å²) in [6, 6.07) is 0. The second kappa shape index (κ2) is 5.45. The van der Waals surface area contributed by atoms with Crippen molar-refractivity contribution in [2.75, 3.05) is 13.2 Å². The van der Waals surface area contributed by atoms with E-state index in [9.17, 15) is 13.6 Å². The maximum absolute atomic E-state index is 12.9. The lowest BCUT2D eigenvalue weighted by Crippen LogP contribution is -2.39. The zero-order valence-corrected chi connectivity index (χ0v) is 10.7. The average Bonchev–Trinajstić information content (AvgIpc) is 2.92. The van der Waals surface area contributed by atoms with Crippen LogP contribution < -0.4 is 5.32 Å². The number of aromatic nitrogens is 4. The van der Waals surface area contributed by atoms with E-state index in [0.717, 1.165) is 0 Å². The molecular weight excluding hydrogens is 272 g/mol. The van der Waals surface area contributed by atoms with Crippen LogP contribution in [0, 0.1) is 0 Å². The van der Waals surface area contributed by atoms with Crippen LogP contribution in [0.5, 0.6) is 0 Å². The molecule has 108 valence electrons. The fraction of sp³-hybridized carbons (Fsp3) is 0.455. The number of carbonyl (C=O) groups excluding carboxylic acids is 1. The Labute approximate surface area is 112 Å². The molecule has 9 heteroatoms. The van der Waals surface area contributed by atoms with Gasteiger partial charge >= 0.3 is 0 Å². The molecule has 2 aromatic heterocycles. The molecule has 2 rings (SSSR count). The second-order valence-electron chi connectivity index (χ2n) is 4.14. The van der Waals surface area contributed by atoms with Crippen LogP contribution in [-0.4, -0.2) is 49.7 Å². The van der Waals surface area contributed by atoms with Crippen LogP contribution in [0.2, 0.25) is 0 Å². The van der Waals surface area contributed by atoms with E-state index >= 15 is 0 Å². The molecule has 0 aliphatic carbocycles. The van der Waals surface area contributed by atoms with Crippen LogP contribution in [0.25, 0.3) is 5.78 Å². The molecule has 0 spiro atoms. The Morgan fingerprint density at radius 3 is 2.90 bits per heavy atom. The van der Waals surface area contributed by atoms with Gasteiger partial charge in [-0.1, -0.05) is 6.92 Å². The number of nitrogens with one attached hydrogen (secondary N) is 1. The van der Waals surface area contributed by atoms with Crippen molar-refractivity contribution in [3.8, 4) is 0 Å². The Morgan fingerprint density at radius 1 is 1.50 bits per heavy atom.